The summed E-state index contributed by atoms with van der Waals surface area (Å²) in [7, 11) is 0. The van der Waals surface area contributed by atoms with E-state index in [9.17, 15) is 14.4 Å². The molecule has 1 aromatic heterocycles. The fourth-order valence-electron chi connectivity index (χ4n) is 3.62. The van der Waals surface area contributed by atoms with Gasteiger partial charge in [0.2, 0.25) is 5.91 Å². The molecule has 0 saturated carbocycles. The van der Waals surface area contributed by atoms with Gasteiger partial charge < -0.3 is 19.2 Å². The van der Waals surface area contributed by atoms with Crippen LogP contribution in [0.5, 0.6) is 11.5 Å². The first kappa shape index (κ1) is 23.1. The largest absolute Gasteiger partial charge is 0.485 e. The molecule has 1 aliphatic rings. The SMILES string of the molecule is CCCc1ccc(OCC(=O)c2ccc3c(c2)N(CC(=O)NCc2ccco2)C(=O)CO3)cc1. The molecule has 0 spiro atoms. The van der Waals surface area contributed by atoms with Gasteiger partial charge in [-0.05, 0) is 54.4 Å². The molecule has 8 heteroatoms. The van der Waals surface area contributed by atoms with Crippen molar-refractivity contribution in [2.45, 2.75) is 26.3 Å². The van der Waals surface area contributed by atoms with Gasteiger partial charge in [0, 0.05) is 5.56 Å². The number of fused-ring (bicyclic) bond motifs is 1. The van der Waals surface area contributed by atoms with Crippen LogP contribution in [0.25, 0.3) is 0 Å². The van der Waals surface area contributed by atoms with Gasteiger partial charge in [0.05, 0.1) is 18.5 Å². The van der Waals surface area contributed by atoms with Crippen LogP contribution in [0.3, 0.4) is 0 Å². The molecule has 34 heavy (non-hydrogen) atoms. The molecule has 4 rings (SSSR count). The number of furan rings is 1. The molecule has 8 nitrogen and oxygen atoms in total. The highest BCUT2D eigenvalue weighted by atomic mass is 16.5. The Morgan fingerprint density at radius 2 is 1.94 bits per heavy atom. The molecule has 2 heterocycles. The number of Topliss-reactive ketones (excluding diaryl/α,β-unsaturated/α-hetero) is 1. The van der Waals surface area contributed by atoms with Gasteiger partial charge >= 0.3 is 0 Å². The number of nitrogens with zero attached hydrogens (tertiary/aromatic N) is 1. The molecule has 1 N–H and O–H groups in total. The summed E-state index contributed by atoms with van der Waals surface area (Å²) < 4.78 is 16.3. The molecule has 2 amide bonds. The van der Waals surface area contributed by atoms with Crippen LogP contribution in [0.1, 0.15) is 35.0 Å². The molecule has 0 atom stereocenters. The predicted molar refractivity (Wildman–Crippen MR) is 125 cm³/mol. The third kappa shape index (κ3) is 5.64. The zero-order chi connectivity index (χ0) is 23.9. The lowest BCUT2D eigenvalue weighted by Crippen LogP contribution is -2.45. The van der Waals surface area contributed by atoms with E-state index < -0.39 is 0 Å². The topological polar surface area (TPSA) is 98.1 Å². The number of amides is 2. The van der Waals surface area contributed by atoms with Crippen molar-refractivity contribution in [3.05, 3.63) is 77.7 Å². The second-order valence-electron chi connectivity index (χ2n) is 7.91. The average Bonchev–Trinajstić information content (AvgIpc) is 3.37. The molecule has 0 aliphatic carbocycles. The quantitative estimate of drug-likeness (QED) is 0.463. The first-order chi connectivity index (χ1) is 16.5. The van der Waals surface area contributed by atoms with Crippen LogP contribution in [-0.4, -0.2) is 37.4 Å². The summed E-state index contributed by atoms with van der Waals surface area (Å²) in [5.41, 5.74) is 1.95. The summed E-state index contributed by atoms with van der Waals surface area (Å²) in [6.07, 6.45) is 3.57. The van der Waals surface area contributed by atoms with Crippen molar-refractivity contribution in [2.75, 3.05) is 24.7 Å². The van der Waals surface area contributed by atoms with E-state index in [4.69, 9.17) is 13.9 Å². The van der Waals surface area contributed by atoms with Crippen molar-refractivity contribution < 1.29 is 28.3 Å². The van der Waals surface area contributed by atoms with Gasteiger partial charge in [-0.1, -0.05) is 25.5 Å². The van der Waals surface area contributed by atoms with Crippen LogP contribution in [0.4, 0.5) is 5.69 Å². The van der Waals surface area contributed by atoms with Crippen LogP contribution >= 0.6 is 0 Å². The highest BCUT2D eigenvalue weighted by Gasteiger charge is 2.28. The number of hydrogen-bond acceptors (Lipinski definition) is 6. The summed E-state index contributed by atoms with van der Waals surface area (Å²) in [4.78, 5) is 39.0. The Morgan fingerprint density at radius 3 is 2.68 bits per heavy atom. The molecule has 0 radical (unpaired) electrons. The van der Waals surface area contributed by atoms with E-state index in [1.165, 1.54) is 16.7 Å². The number of nitrogens with one attached hydrogen (secondary N) is 1. The first-order valence-electron chi connectivity index (χ1n) is 11.1. The van der Waals surface area contributed by atoms with Crippen molar-refractivity contribution in [2.24, 2.45) is 0 Å². The lowest BCUT2D eigenvalue weighted by Gasteiger charge is -2.29. The number of ether oxygens (including phenoxy) is 2. The van der Waals surface area contributed by atoms with E-state index in [0.29, 0.717) is 28.5 Å². The van der Waals surface area contributed by atoms with Crippen molar-refractivity contribution in [3.63, 3.8) is 0 Å². The van der Waals surface area contributed by atoms with Gasteiger partial charge in [0.15, 0.2) is 19.0 Å². The van der Waals surface area contributed by atoms with Gasteiger partial charge in [-0.25, -0.2) is 0 Å². The average molecular weight is 463 g/mol. The van der Waals surface area contributed by atoms with Gasteiger partial charge in [0.25, 0.3) is 5.91 Å². The van der Waals surface area contributed by atoms with Crippen molar-refractivity contribution >= 4 is 23.3 Å². The molecule has 0 bridgehead atoms. The van der Waals surface area contributed by atoms with Gasteiger partial charge in [-0.2, -0.15) is 0 Å². The molecular weight excluding hydrogens is 436 g/mol. The zero-order valence-electron chi connectivity index (χ0n) is 18.9. The third-order valence-corrected chi connectivity index (χ3v) is 5.40. The summed E-state index contributed by atoms with van der Waals surface area (Å²) in [6.45, 7) is 1.81. The predicted octanol–water partition coefficient (Wildman–Crippen LogP) is 3.54. The van der Waals surface area contributed by atoms with Crippen LogP contribution in [0.2, 0.25) is 0 Å². The molecular formula is C26H26N2O6. The standard InChI is InChI=1S/C26H26N2O6/c1-2-4-18-6-9-20(10-7-18)33-16-23(29)19-8-11-24-22(13-19)28(26(31)17-34-24)15-25(30)27-14-21-5-3-12-32-21/h3,5-13H,2,4,14-17H2,1H3,(H,27,30). The van der Waals surface area contributed by atoms with Gasteiger partial charge in [-0.15, -0.1) is 0 Å². The summed E-state index contributed by atoms with van der Waals surface area (Å²) in [5, 5.41) is 2.72. The second kappa shape index (κ2) is 10.7. The maximum Gasteiger partial charge on any atom is 0.265 e. The summed E-state index contributed by atoms with van der Waals surface area (Å²) in [5.74, 6) is 0.676. The number of carbonyl (C=O) groups is 3. The van der Waals surface area contributed by atoms with E-state index in [1.807, 2.05) is 24.3 Å². The Kier molecular flexibility index (Phi) is 7.27. The minimum absolute atomic E-state index is 0.148. The lowest BCUT2D eigenvalue weighted by molar-refractivity contribution is -0.125. The fraction of sp³-hybridized carbons (Fsp3) is 0.269. The fourth-order valence-corrected chi connectivity index (χ4v) is 3.62. The number of carbonyl (C=O) groups excluding carboxylic acids is 3. The number of rotatable bonds is 10. The number of anilines is 1. The van der Waals surface area contributed by atoms with E-state index >= 15 is 0 Å². The molecule has 0 unspecified atom stereocenters. The van der Waals surface area contributed by atoms with Crippen molar-refractivity contribution in [1.29, 1.82) is 0 Å². The van der Waals surface area contributed by atoms with Crippen LogP contribution in [0, 0.1) is 0 Å². The second-order valence-corrected chi connectivity index (χ2v) is 7.91. The molecule has 0 saturated heterocycles. The van der Waals surface area contributed by atoms with Crippen molar-refractivity contribution in [1.82, 2.24) is 5.32 Å². The van der Waals surface area contributed by atoms with Crippen LogP contribution in [-0.2, 0) is 22.6 Å². The highest BCUT2D eigenvalue weighted by Crippen LogP contribution is 2.33. The Morgan fingerprint density at radius 1 is 1.12 bits per heavy atom. The zero-order valence-corrected chi connectivity index (χ0v) is 18.9. The van der Waals surface area contributed by atoms with Crippen LogP contribution < -0.4 is 19.7 Å². The Bertz CT molecular complexity index is 1150. The molecule has 2 aromatic carbocycles. The smallest absolute Gasteiger partial charge is 0.265 e. The summed E-state index contributed by atoms with van der Waals surface area (Å²) in [6, 6.07) is 16.0. The van der Waals surface area contributed by atoms with Gasteiger partial charge in [-0.3, -0.25) is 19.3 Å². The molecule has 176 valence electrons. The van der Waals surface area contributed by atoms with E-state index in [1.54, 1.807) is 30.3 Å². The maximum atomic E-state index is 12.8. The van der Waals surface area contributed by atoms with E-state index in [2.05, 4.69) is 12.2 Å². The Hall–Kier alpha value is -4.07. The molecule has 1 aliphatic heterocycles. The van der Waals surface area contributed by atoms with Gasteiger partial charge in [0.1, 0.15) is 23.8 Å². The summed E-state index contributed by atoms with van der Waals surface area (Å²) >= 11 is 0. The minimum atomic E-state index is -0.367. The minimum Gasteiger partial charge on any atom is -0.485 e. The number of aryl methyl sites for hydroxylation is 1. The monoisotopic (exact) mass is 462 g/mol. The Labute approximate surface area is 197 Å². The molecule has 0 fully saturated rings. The van der Waals surface area contributed by atoms with E-state index in [-0.39, 0.29) is 43.9 Å². The Balaban J connectivity index is 1.41. The number of benzene rings is 2. The third-order valence-electron chi connectivity index (χ3n) is 5.40. The number of hydrogen-bond donors (Lipinski definition) is 1. The van der Waals surface area contributed by atoms with E-state index in [0.717, 1.165) is 12.8 Å². The highest BCUT2D eigenvalue weighted by molar-refractivity contribution is 6.04. The van der Waals surface area contributed by atoms with Crippen molar-refractivity contribution in [3.8, 4) is 11.5 Å². The molecule has 3 aromatic rings. The normalized spacial score (nSPS) is 12.6. The van der Waals surface area contributed by atoms with Crippen LogP contribution in [0.15, 0.2) is 65.3 Å². The first-order valence-corrected chi connectivity index (χ1v) is 11.1. The number of ketones is 1. The lowest BCUT2D eigenvalue weighted by atomic mass is 10.1. The maximum absolute atomic E-state index is 12.8.